The van der Waals surface area contributed by atoms with E-state index in [9.17, 15) is 12.8 Å². The van der Waals surface area contributed by atoms with Crippen molar-refractivity contribution in [3.05, 3.63) is 58.4 Å². The first kappa shape index (κ1) is 21.8. The van der Waals surface area contributed by atoms with E-state index in [4.69, 9.17) is 21.1 Å². The molecular formula is C20H24ClFN2O4S. The second kappa shape index (κ2) is 8.87. The number of halogens is 2. The number of nitrogens with zero attached hydrogens (tertiary/aromatic N) is 2. The van der Waals surface area contributed by atoms with Gasteiger partial charge in [0.1, 0.15) is 17.3 Å². The van der Waals surface area contributed by atoms with Crippen LogP contribution in [-0.4, -0.2) is 44.3 Å². The highest BCUT2D eigenvalue weighted by Gasteiger charge is 2.40. The fourth-order valence-electron chi connectivity index (χ4n) is 3.10. The Morgan fingerprint density at radius 3 is 2.45 bits per heavy atom. The Labute approximate surface area is 176 Å². The van der Waals surface area contributed by atoms with Crippen LogP contribution in [0.25, 0.3) is 0 Å². The molecule has 29 heavy (non-hydrogen) atoms. The minimum Gasteiger partial charge on any atom is -0.497 e. The lowest BCUT2D eigenvalue weighted by atomic mass is 10.2. The smallest absolute Gasteiger partial charge is 0.282 e. The number of rotatable bonds is 9. The maximum Gasteiger partial charge on any atom is 0.282 e. The number of ether oxygens (including phenoxy) is 2. The second-order valence-electron chi connectivity index (χ2n) is 6.92. The van der Waals surface area contributed by atoms with Gasteiger partial charge in [-0.15, -0.1) is 0 Å². The minimum absolute atomic E-state index is 0.102. The molecule has 0 amide bonds. The molecule has 0 aromatic heterocycles. The second-order valence-corrected chi connectivity index (χ2v) is 9.31. The van der Waals surface area contributed by atoms with Gasteiger partial charge in [-0.3, -0.25) is 0 Å². The molecule has 0 heterocycles. The molecule has 9 heteroatoms. The van der Waals surface area contributed by atoms with E-state index in [1.807, 2.05) is 0 Å². The Bertz CT molecular complexity index is 962. The molecule has 0 bridgehead atoms. The summed E-state index contributed by atoms with van der Waals surface area (Å²) in [7, 11) is 0.643. The van der Waals surface area contributed by atoms with Gasteiger partial charge >= 0.3 is 0 Å². The van der Waals surface area contributed by atoms with Gasteiger partial charge in [-0.1, -0.05) is 17.7 Å². The number of benzene rings is 2. The molecule has 0 spiro atoms. The SMILES string of the molecule is COc1ccc(OC)c(CN(C2CC2)S(=O)(=O)N(C)Cc2c(F)cccc2Cl)c1. The van der Waals surface area contributed by atoms with Crippen LogP contribution in [0, 0.1) is 5.82 Å². The molecule has 3 rings (SSSR count). The average molecular weight is 443 g/mol. The van der Waals surface area contributed by atoms with Crippen LogP contribution in [0.4, 0.5) is 4.39 Å². The largest absolute Gasteiger partial charge is 0.497 e. The number of hydrogen-bond acceptors (Lipinski definition) is 4. The third-order valence-corrected chi connectivity index (χ3v) is 7.19. The van der Waals surface area contributed by atoms with Crippen LogP contribution < -0.4 is 9.47 Å². The highest BCUT2D eigenvalue weighted by Crippen LogP contribution is 2.35. The van der Waals surface area contributed by atoms with E-state index in [1.54, 1.807) is 31.4 Å². The molecule has 1 aliphatic rings. The van der Waals surface area contributed by atoms with Gasteiger partial charge in [-0.25, -0.2) is 4.39 Å². The maximum absolute atomic E-state index is 14.1. The van der Waals surface area contributed by atoms with Gasteiger partial charge in [-0.2, -0.15) is 17.0 Å². The summed E-state index contributed by atoms with van der Waals surface area (Å²) in [6.45, 7) is -0.0327. The van der Waals surface area contributed by atoms with Crippen molar-refractivity contribution < 1.29 is 22.3 Å². The quantitative estimate of drug-likeness (QED) is 0.592. The van der Waals surface area contributed by atoms with Crippen LogP contribution >= 0.6 is 11.6 Å². The van der Waals surface area contributed by atoms with Crippen molar-refractivity contribution in [2.24, 2.45) is 0 Å². The molecule has 2 aromatic carbocycles. The molecule has 158 valence electrons. The molecule has 0 atom stereocenters. The summed E-state index contributed by atoms with van der Waals surface area (Å²) in [6, 6.07) is 9.45. The Morgan fingerprint density at radius 2 is 1.86 bits per heavy atom. The maximum atomic E-state index is 14.1. The van der Waals surface area contributed by atoms with Crippen molar-refractivity contribution in [2.45, 2.75) is 32.0 Å². The van der Waals surface area contributed by atoms with Crippen molar-refractivity contribution in [2.75, 3.05) is 21.3 Å². The summed E-state index contributed by atoms with van der Waals surface area (Å²) in [4.78, 5) is 0. The van der Waals surface area contributed by atoms with E-state index in [2.05, 4.69) is 0 Å². The van der Waals surface area contributed by atoms with Gasteiger partial charge in [-0.05, 0) is 43.2 Å². The van der Waals surface area contributed by atoms with E-state index in [1.165, 1.54) is 30.6 Å². The number of methoxy groups -OCH3 is 2. The van der Waals surface area contributed by atoms with Gasteiger partial charge in [0.05, 0.1) is 14.2 Å². The van der Waals surface area contributed by atoms with Gasteiger partial charge < -0.3 is 9.47 Å². The fourth-order valence-corrected chi connectivity index (χ4v) is 4.86. The van der Waals surface area contributed by atoms with Crippen molar-refractivity contribution >= 4 is 21.8 Å². The number of hydrogen-bond donors (Lipinski definition) is 0. The third-order valence-electron chi connectivity index (χ3n) is 4.90. The topological polar surface area (TPSA) is 59.1 Å². The Balaban J connectivity index is 1.88. The monoisotopic (exact) mass is 442 g/mol. The molecule has 2 aromatic rings. The zero-order chi connectivity index (χ0) is 21.2. The van der Waals surface area contributed by atoms with E-state index in [-0.39, 0.29) is 29.7 Å². The fraction of sp³-hybridized carbons (Fsp3) is 0.400. The lowest BCUT2D eigenvalue weighted by Gasteiger charge is -2.28. The summed E-state index contributed by atoms with van der Waals surface area (Å²) in [5, 5.41) is 0.194. The summed E-state index contributed by atoms with van der Waals surface area (Å²) in [5.74, 6) is 0.652. The summed E-state index contributed by atoms with van der Waals surface area (Å²) >= 11 is 6.08. The van der Waals surface area contributed by atoms with Crippen LogP contribution in [0.5, 0.6) is 11.5 Å². The molecule has 1 saturated carbocycles. The zero-order valence-electron chi connectivity index (χ0n) is 16.6. The summed E-state index contributed by atoms with van der Waals surface area (Å²) < 4.78 is 54.0. The summed E-state index contributed by atoms with van der Waals surface area (Å²) in [6.07, 6.45) is 1.56. The highest BCUT2D eigenvalue weighted by atomic mass is 35.5. The van der Waals surface area contributed by atoms with Gasteiger partial charge in [0, 0.05) is 42.3 Å². The van der Waals surface area contributed by atoms with Crippen LogP contribution in [0.3, 0.4) is 0 Å². The lowest BCUT2D eigenvalue weighted by molar-refractivity contribution is 0.335. The highest BCUT2D eigenvalue weighted by molar-refractivity contribution is 7.86. The predicted molar refractivity (Wildman–Crippen MR) is 110 cm³/mol. The minimum atomic E-state index is -3.87. The van der Waals surface area contributed by atoms with Crippen molar-refractivity contribution in [3.8, 4) is 11.5 Å². The van der Waals surface area contributed by atoms with Crippen molar-refractivity contribution in [1.82, 2.24) is 8.61 Å². The van der Waals surface area contributed by atoms with Crippen molar-refractivity contribution in [1.29, 1.82) is 0 Å². The van der Waals surface area contributed by atoms with E-state index in [0.29, 0.717) is 17.1 Å². The molecule has 0 saturated heterocycles. The molecule has 0 N–H and O–H groups in total. The normalized spacial score (nSPS) is 14.4. The Morgan fingerprint density at radius 1 is 1.14 bits per heavy atom. The first-order valence-electron chi connectivity index (χ1n) is 9.14. The van der Waals surface area contributed by atoms with Gasteiger partial charge in [0.2, 0.25) is 0 Å². The average Bonchev–Trinajstić information content (AvgIpc) is 3.53. The third kappa shape index (κ3) is 4.83. The van der Waals surface area contributed by atoms with Crippen LogP contribution in [-0.2, 0) is 23.3 Å². The van der Waals surface area contributed by atoms with Gasteiger partial charge in [0.25, 0.3) is 10.2 Å². The van der Waals surface area contributed by atoms with E-state index in [0.717, 1.165) is 17.1 Å². The lowest BCUT2D eigenvalue weighted by Crippen LogP contribution is -2.42. The van der Waals surface area contributed by atoms with Crippen molar-refractivity contribution in [3.63, 3.8) is 0 Å². The molecule has 0 radical (unpaired) electrons. The summed E-state index contributed by atoms with van der Waals surface area (Å²) in [5.41, 5.74) is 0.842. The van der Waals surface area contributed by atoms with E-state index < -0.39 is 16.0 Å². The standard InChI is InChI=1S/C20H24ClFN2O4S/c1-23(13-17-18(21)5-4-6-19(17)22)29(25,26)24(15-7-8-15)12-14-11-16(27-2)9-10-20(14)28-3/h4-6,9-11,15H,7-8,12-13H2,1-3H3. The van der Waals surface area contributed by atoms with E-state index >= 15 is 0 Å². The first-order chi connectivity index (χ1) is 13.8. The molecule has 0 unspecified atom stereocenters. The first-order valence-corrected chi connectivity index (χ1v) is 10.9. The molecule has 0 aliphatic heterocycles. The molecule has 6 nitrogen and oxygen atoms in total. The van der Waals surface area contributed by atoms with Gasteiger partial charge in [0.15, 0.2) is 0 Å². The molecule has 1 fully saturated rings. The van der Waals surface area contributed by atoms with Crippen LogP contribution in [0.15, 0.2) is 36.4 Å². The Hall–Kier alpha value is -1.87. The zero-order valence-corrected chi connectivity index (χ0v) is 18.1. The van der Waals surface area contributed by atoms with Crippen LogP contribution in [0.1, 0.15) is 24.0 Å². The predicted octanol–water partition coefficient (Wildman–Crippen LogP) is 3.84. The molecule has 1 aliphatic carbocycles. The Kier molecular flexibility index (Phi) is 6.68. The van der Waals surface area contributed by atoms with Crippen LogP contribution in [0.2, 0.25) is 5.02 Å². The molecular weight excluding hydrogens is 419 g/mol.